The maximum Gasteiger partial charge on any atom is 0.273 e. The van der Waals surface area contributed by atoms with Crippen LogP contribution in [0.4, 0.5) is 0 Å². The van der Waals surface area contributed by atoms with Gasteiger partial charge in [-0.1, -0.05) is 25.1 Å². The van der Waals surface area contributed by atoms with Crippen LogP contribution in [0.2, 0.25) is 0 Å². The second-order valence-corrected chi connectivity index (χ2v) is 6.74. The minimum atomic E-state index is -0.443. The Bertz CT molecular complexity index is 1210. The Balaban J connectivity index is 1.81. The van der Waals surface area contributed by atoms with Gasteiger partial charge in [-0.05, 0) is 37.1 Å². The van der Waals surface area contributed by atoms with E-state index in [4.69, 9.17) is 0 Å². The van der Waals surface area contributed by atoms with Crippen molar-refractivity contribution in [3.63, 3.8) is 0 Å². The van der Waals surface area contributed by atoms with Crippen LogP contribution < -0.4 is 10.9 Å². The van der Waals surface area contributed by atoms with E-state index in [1.54, 1.807) is 12.4 Å². The number of amides is 1. The number of para-hydroxylation sites is 1. The minimum absolute atomic E-state index is 0.0906. The van der Waals surface area contributed by atoms with Gasteiger partial charge in [0, 0.05) is 36.1 Å². The molecule has 1 aromatic carbocycles. The first-order chi connectivity index (χ1) is 13.6. The van der Waals surface area contributed by atoms with Gasteiger partial charge in [0.25, 0.3) is 5.56 Å². The third-order valence-corrected chi connectivity index (χ3v) is 4.86. The number of fused-ring (bicyclic) bond motifs is 3. The second kappa shape index (κ2) is 7.26. The topological polar surface area (TPSA) is 81.3 Å². The van der Waals surface area contributed by atoms with Gasteiger partial charge in [-0.3, -0.25) is 19.3 Å². The summed E-state index contributed by atoms with van der Waals surface area (Å²) in [5.41, 5.74) is 2.83. The van der Waals surface area contributed by atoms with Gasteiger partial charge in [0.1, 0.15) is 6.04 Å². The van der Waals surface area contributed by atoms with Crippen LogP contribution in [-0.4, -0.2) is 25.1 Å². The van der Waals surface area contributed by atoms with Gasteiger partial charge in [0.05, 0.1) is 5.52 Å². The van der Waals surface area contributed by atoms with Crippen molar-refractivity contribution in [2.75, 3.05) is 0 Å². The molecule has 3 aromatic heterocycles. The lowest BCUT2D eigenvalue weighted by atomic mass is 10.2. The van der Waals surface area contributed by atoms with E-state index in [0.29, 0.717) is 18.6 Å². The molecule has 7 nitrogen and oxygen atoms in total. The Hall–Kier alpha value is -3.48. The zero-order chi connectivity index (χ0) is 19.7. The highest BCUT2D eigenvalue weighted by atomic mass is 16.2. The highest BCUT2D eigenvalue weighted by Gasteiger charge is 2.24. The van der Waals surface area contributed by atoms with Crippen molar-refractivity contribution in [3.8, 4) is 0 Å². The molecule has 1 amide bonds. The van der Waals surface area contributed by atoms with Gasteiger partial charge in [-0.25, -0.2) is 4.52 Å². The lowest BCUT2D eigenvalue weighted by molar-refractivity contribution is -0.124. The monoisotopic (exact) mass is 375 g/mol. The highest BCUT2D eigenvalue weighted by Crippen LogP contribution is 2.26. The van der Waals surface area contributed by atoms with Crippen LogP contribution in [0.25, 0.3) is 16.6 Å². The predicted molar refractivity (Wildman–Crippen MR) is 107 cm³/mol. The summed E-state index contributed by atoms with van der Waals surface area (Å²) in [7, 11) is 0. The number of pyridine rings is 1. The number of carbonyl (C=O) groups is 1. The quantitative estimate of drug-likeness (QED) is 0.581. The number of aromatic nitrogens is 4. The predicted octanol–water partition coefficient (Wildman–Crippen LogP) is 2.62. The second-order valence-electron chi connectivity index (χ2n) is 6.74. The largest absolute Gasteiger partial charge is 0.350 e. The molecule has 1 N–H and O–H groups in total. The molecule has 0 bridgehead atoms. The fourth-order valence-corrected chi connectivity index (χ4v) is 3.59. The highest BCUT2D eigenvalue weighted by molar-refractivity contribution is 5.94. The van der Waals surface area contributed by atoms with Crippen molar-refractivity contribution in [1.82, 2.24) is 24.5 Å². The summed E-state index contributed by atoms with van der Waals surface area (Å²) < 4.78 is 3.80. The molecule has 0 spiro atoms. The number of aryl methyl sites for hydroxylation is 1. The molecule has 0 aliphatic carbocycles. The molecule has 28 heavy (non-hydrogen) atoms. The Morgan fingerprint density at radius 3 is 2.79 bits per heavy atom. The van der Waals surface area contributed by atoms with Crippen molar-refractivity contribution in [2.45, 2.75) is 32.9 Å². The SMILES string of the molecule is CC[C@H](C(=O)NCc1cccnc1)n1c2ccccc2c2nc(=O)cc(C)n21. The average Bonchev–Trinajstić information content (AvgIpc) is 3.03. The number of hydrogen-bond donors (Lipinski definition) is 1. The van der Waals surface area contributed by atoms with E-state index >= 15 is 0 Å². The van der Waals surface area contributed by atoms with E-state index < -0.39 is 6.04 Å². The molecular formula is C21H21N5O2. The van der Waals surface area contributed by atoms with E-state index in [1.165, 1.54) is 6.07 Å². The van der Waals surface area contributed by atoms with Gasteiger partial charge in [-0.15, -0.1) is 0 Å². The van der Waals surface area contributed by atoms with Crippen LogP contribution in [0.3, 0.4) is 0 Å². The first-order valence-electron chi connectivity index (χ1n) is 9.26. The fourth-order valence-electron chi connectivity index (χ4n) is 3.59. The molecule has 0 aliphatic heterocycles. The number of benzene rings is 1. The maximum atomic E-state index is 13.1. The molecule has 0 aliphatic rings. The van der Waals surface area contributed by atoms with Gasteiger partial charge in [0.2, 0.25) is 5.91 Å². The van der Waals surface area contributed by atoms with E-state index in [9.17, 15) is 9.59 Å². The van der Waals surface area contributed by atoms with Crippen molar-refractivity contribution >= 4 is 22.5 Å². The zero-order valence-corrected chi connectivity index (χ0v) is 15.8. The Kier molecular flexibility index (Phi) is 4.65. The standard InChI is InChI=1S/C21H21N5O2/c1-3-17(21(28)23-13-15-7-6-10-22-12-15)26-18-9-5-4-8-16(18)20-24-19(27)11-14(2)25(20)26/h4-12,17H,3,13H2,1-2H3,(H,23,28)/t17-/m1/s1. The summed E-state index contributed by atoms with van der Waals surface area (Å²) in [5, 5.41) is 3.85. The van der Waals surface area contributed by atoms with E-state index in [0.717, 1.165) is 22.2 Å². The summed E-state index contributed by atoms with van der Waals surface area (Å²) >= 11 is 0. The molecule has 142 valence electrons. The van der Waals surface area contributed by atoms with E-state index in [1.807, 2.05) is 59.4 Å². The molecular weight excluding hydrogens is 354 g/mol. The van der Waals surface area contributed by atoms with Crippen molar-refractivity contribution in [2.24, 2.45) is 0 Å². The molecule has 0 fully saturated rings. The number of carbonyl (C=O) groups excluding carboxylic acids is 1. The third-order valence-electron chi connectivity index (χ3n) is 4.86. The van der Waals surface area contributed by atoms with Crippen molar-refractivity contribution in [1.29, 1.82) is 0 Å². The van der Waals surface area contributed by atoms with E-state index in [-0.39, 0.29) is 11.5 Å². The van der Waals surface area contributed by atoms with Crippen LogP contribution in [-0.2, 0) is 11.3 Å². The summed E-state index contributed by atoms with van der Waals surface area (Å²) in [4.78, 5) is 33.3. The molecule has 1 atom stereocenters. The zero-order valence-electron chi connectivity index (χ0n) is 15.8. The minimum Gasteiger partial charge on any atom is -0.350 e. The molecule has 0 saturated carbocycles. The van der Waals surface area contributed by atoms with E-state index in [2.05, 4.69) is 15.3 Å². The Labute approximate surface area is 161 Å². The Morgan fingerprint density at radius 1 is 1.21 bits per heavy atom. The molecule has 0 unspecified atom stereocenters. The average molecular weight is 375 g/mol. The van der Waals surface area contributed by atoms with Gasteiger partial charge in [-0.2, -0.15) is 4.98 Å². The van der Waals surface area contributed by atoms with Crippen molar-refractivity contribution in [3.05, 3.63) is 76.5 Å². The van der Waals surface area contributed by atoms with Crippen LogP contribution in [0.5, 0.6) is 0 Å². The number of rotatable bonds is 5. The Morgan fingerprint density at radius 2 is 2.04 bits per heavy atom. The number of hydrogen-bond acceptors (Lipinski definition) is 4. The van der Waals surface area contributed by atoms with Gasteiger partial charge < -0.3 is 5.32 Å². The van der Waals surface area contributed by atoms with Crippen LogP contribution in [0.15, 0.2) is 59.7 Å². The molecule has 0 saturated heterocycles. The van der Waals surface area contributed by atoms with Gasteiger partial charge >= 0.3 is 0 Å². The van der Waals surface area contributed by atoms with Crippen LogP contribution in [0.1, 0.15) is 30.6 Å². The summed E-state index contributed by atoms with van der Waals surface area (Å²) in [6.45, 7) is 4.23. The molecule has 4 aromatic rings. The number of nitrogens with zero attached hydrogens (tertiary/aromatic N) is 4. The van der Waals surface area contributed by atoms with Gasteiger partial charge in [0.15, 0.2) is 5.65 Å². The number of nitrogens with one attached hydrogen (secondary N) is 1. The van der Waals surface area contributed by atoms with Crippen molar-refractivity contribution < 1.29 is 4.79 Å². The first-order valence-corrected chi connectivity index (χ1v) is 9.26. The first kappa shape index (κ1) is 17.9. The molecule has 3 heterocycles. The maximum absolute atomic E-state index is 13.1. The molecule has 0 radical (unpaired) electrons. The summed E-state index contributed by atoms with van der Waals surface area (Å²) in [6, 6.07) is 12.5. The fraction of sp³-hybridized carbons (Fsp3) is 0.238. The lowest BCUT2D eigenvalue weighted by Crippen LogP contribution is -2.34. The lowest BCUT2D eigenvalue weighted by Gasteiger charge is -2.20. The third kappa shape index (κ3) is 3.05. The normalized spacial score (nSPS) is 12.4. The molecule has 4 rings (SSSR count). The summed E-state index contributed by atoms with van der Waals surface area (Å²) in [5.74, 6) is -0.0906. The summed E-state index contributed by atoms with van der Waals surface area (Å²) in [6.07, 6.45) is 4.04. The van der Waals surface area contributed by atoms with Crippen LogP contribution >= 0.6 is 0 Å². The molecule has 7 heteroatoms. The smallest absolute Gasteiger partial charge is 0.273 e. The van der Waals surface area contributed by atoms with Crippen LogP contribution in [0, 0.1) is 6.92 Å².